The van der Waals surface area contributed by atoms with Crippen LogP contribution in [0.15, 0.2) is 35.8 Å². The van der Waals surface area contributed by atoms with Gasteiger partial charge in [-0.2, -0.15) is 0 Å². The molecule has 0 bridgehead atoms. The van der Waals surface area contributed by atoms with Crippen LogP contribution in [0, 0.1) is 0 Å². The van der Waals surface area contributed by atoms with Gasteiger partial charge in [0.2, 0.25) is 0 Å². The fraction of sp³-hybridized carbons (Fsp3) is 0.267. The lowest BCUT2D eigenvalue weighted by molar-refractivity contribution is 0.728. The first-order valence-electron chi connectivity index (χ1n) is 6.61. The summed E-state index contributed by atoms with van der Waals surface area (Å²) in [5, 5.41) is 2.78. The Kier molecular flexibility index (Phi) is 4.11. The molecule has 3 aromatic rings. The number of imidazole rings is 1. The largest absolute Gasteiger partial charge is 0.351 e. The number of hydrogen-bond donors (Lipinski definition) is 0. The van der Waals surface area contributed by atoms with Crippen molar-refractivity contribution in [3.05, 3.63) is 52.1 Å². The van der Waals surface area contributed by atoms with Gasteiger partial charge in [-0.25, -0.2) is 4.98 Å². The Bertz CT molecular complexity index is 765. The summed E-state index contributed by atoms with van der Waals surface area (Å²) < 4.78 is 2.04. The van der Waals surface area contributed by atoms with E-state index in [0.29, 0.717) is 5.88 Å². The highest BCUT2D eigenvalue weighted by Gasteiger charge is 2.21. The lowest BCUT2D eigenvalue weighted by atomic mass is 10.1. The van der Waals surface area contributed by atoms with E-state index in [1.54, 1.807) is 11.3 Å². The van der Waals surface area contributed by atoms with Gasteiger partial charge in [0.05, 0.1) is 17.6 Å². The zero-order valence-electron chi connectivity index (χ0n) is 11.8. The molecule has 0 aliphatic rings. The number of hydrogen-bond acceptors (Lipinski definition) is 3. The summed E-state index contributed by atoms with van der Waals surface area (Å²) in [5.74, 6) is 1.33. The van der Waals surface area contributed by atoms with Crippen LogP contribution in [0.3, 0.4) is 0 Å². The number of halogens is 2. The van der Waals surface area contributed by atoms with Gasteiger partial charge in [-0.1, -0.05) is 29.8 Å². The molecule has 1 aromatic carbocycles. The number of anilines is 1. The van der Waals surface area contributed by atoms with Crippen LogP contribution in [-0.2, 0) is 5.88 Å². The monoisotopic (exact) mass is 339 g/mol. The Morgan fingerprint density at radius 1 is 1.38 bits per heavy atom. The third-order valence-corrected chi connectivity index (χ3v) is 5.09. The third-order valence-electron chi connectivity index (χ3n) is 3.74. The molecule has 0 saturated carbocycles. The fourth-order valence-corrected chi connectivity index (χ4v) is 3.70. The third kappa shape index (κ3) is 2.52. The Morgan fingerprint density at radius 2 is 2.14 bits per heavy atom. The Morgan fingerprint density at radius 3 is 2.86 bits per heavy atom. The van der Waals surface area contributed by atoms with E-state index in [1.165, 1.54) is 0 Å². The summed E-state index contributed by atoms with van der Waals surface area (Å²) in [6.07, 6.45) is 2.00. The Balaban J connectivity index is 2.02. The maximum atomic E-state index is 6.31. The number of nitrogens with zero attached hydrogens (tertiary/aromatic N) is 3. The molecule has 21 heavy (non-hydrogen) atoms. The molecule has 0 spiro atoms. The molecular weight excluding hydrogens is 325 g/mol. The SMILES string of the molecule is CC(c1ccccc1Cl)N(C)c1nc2sccn2c1CCl. The summed E-state index contributed by atoms with van der Waals surface area (Å²) in [7, 11) is 2.02. The minimum absolute atomic E-state index is 0.116. The van der Waals surface area contributed by atoms with Gasteiger partial charge in [0.25, 0.3) is 0 Å². The van der Waals surface area contributed by atoms with Crippen LogP contribution in [0.1, 0.15) is 24.2 Å². The first-order valence-corrected chi connectivity index (χ1v) is 8.40. The summed E-state index contributed by atoms with van der Waals surface area (Å²) in [6, 6.07) is 8.01. The van der Waals surface area contributed by atoms with Crippen LogP contribution in [0.25, 0.3) is 4.96 Å². The molecule has 0 amide bonds. The van der Waals surface area contributed by atoms with Crippen molar-refractivity contribution in [1.82, 2.24) is 9.38 Å². The van der Waals surface area contributed by atoms with Crippen LogP contribution in [0.5, 0.6) is 0 Å². The molecular formula is C15H15Cl2N3S. The van der Waals surface area contributed by atoms with Gasteiger partial charge in [0.1, 0.15) is 0 Å². The van der Waals surface area contributed by atoms with Crippen molar-refractivity contribution in [3.63, 3.8) is 0 Å². The normalized spacial score (nSPS) is 12.8. The maximum absolute atomic E-state index is 6.31. The van der Waals surface area contributed by atoms with Gasteiger partial charge >= 0.3 is 0 Å². The molecule has 0 fully saturated rings. The highest BCUT2D eigenvalue weighted by atomic mass is 35.5. The van der Waals surface area contributed by atoms with Crippen LogP contribution in [0.2, 0.25) is 5.02 Å². The standard InChI is InChI=1S/C15H15Cl2N3S/c1-10(11-5-3-4-6-12(11)17)19(2)14-13(9-16)20-7-8-21-15(20)18-14/h3-8,10H,9H2,1-2H3. The highest BCUT2D eigenvalue weighted by molar-refractivity contribution is 7.15. The quantitative estimate of drug-likeness (QED) is 0.624. The van der Waals surface area contributed by atoms with Gasteiger partial charge in [-0.15, -0.1) is 22.9 Å². The minimum Gasteiger partial charge on any atom is -0.351 e. The average molecular weight is 340 g/mol. The van der Waals surface area contributed by atoms with Crippen molar-refractivity contribution in [1.29, 1.82) is 0 Å². The molecule has 1 unspecified atom stereocenters. The number of alkyl halides is 1. The van der Waals surface area contributed by atoms with Crippen molar-refractivity contribution >= 4 is 45.3 Å². The molecule has 0 saturated heterocycles. The lowest BCUT2D eigenvalue weighted by Crippen LogP contribution is -2.23. The molecule has 3 nitrogen and oxygen atoms in total. The van der Waals surface area contributed by atoms with E-state index in [2.05, 4.69) is 11.8 Å². The molecule has 1 atom stereocenters. The molecule has 2 aromatic heterocycles. The smallest absolute Gasteiger partial charge is 0.195 e. The summed E-state index contributed by atoms with van der Waals surface area (Å²) in [4.78, 5) is 7.78. The van der Waals surface area contributed by atoms with E-state index >= 15 is 0 Å². The Hall–Kier alpha value is -1.23. The van der Waals surface area contributed by atoms with Gasteiger partial charge < -0.3 is 4.90 Å². The van der Waals surface area contributed by atoms with Crippen LogP contribution >= 0.6 is 34.5 Å². The molecule has 2 heterocycles. The predicted molar refractivity (Wildman–Crippen MR) is 90.9 cm³/mol. The van der Waals surface area contributed by atoms with Crippen molar-refractivity contribution < 1.29 is 0 Å². The van der Waals surface area contributed by atoms with E-state index in [4.69, 9.17) is 28.2 Å². The fourth-order valence-electron chi connectivity index (χ4n) is 2.43. The summed E-state index contributed by atoms with van der Waals surface area (Å²) >= 11 is 14.0. The predicted octanol–water partition coefficient (Wildman–Crippen LogP) is 4.99. The van der Waals surface area contributed by atoms with Crippen molar-refractivity contribution in [2.24, 2.45) is 0 Å². The molecule has 0 radical (unpaired) electrons. The molecule has 0 aliphatic carbocycles. The van der Waals surface area contributed by atoms with Gasteiger partial charge in [0, 0.05) is 23.6 Å². The second-order valence-corrected chi connectivity index (χ2v) is 6.43. The van der Waals surface area contributed by atoms with E-state index in [1.807, 2.05) is 47.3 Å². The number of thiazole rings is 1. The maximum Gasteiger partial charge on any atom is 0.195 e. The zero-order valence-corrected chi connectivity index (χ0v) is 14.1. The van der Waals surface area contributed by atoms with E-state index in [9.17, 15) is 0 Å². The van der Waals surface area contributed by atoms with Crippen molar-refractivity contribution in [3.8, 4) is 0 Å². The zero-order chi connectivity index (χ0) is 15.0. The first kappa shape index (κ1) is 14.7. The number of fused-ring (bicyclic) bond motifs is 1. The van der Waals surface area contributed by atoms with E-state index in [-0.39, 0.29) is 6.04 Å². The van der Waals surface area contributed by atoms with Crippen molar-refractivity contribution in [2.45, 2.75) is 18.8 Å². The topological polar surface area (TPSA) is 20.5 Å². The molecule has 6 heteroatoms. The Labute approximate surface area is 137 Å². The second-order valence-electron chi connectivity index (χ2n) is 4.88. The average Bonchev–Trinajstić information content (AvgIpc) is 3.06. The summed E-state index contributed by atoms with van der Waals surface area (Å²) in [5.41, 5.74) is 2.09. The number of rotatable bonds is 4. The first-order chi connectivity index (χ1) is 10.1. The van der Waals surface area contributed by atoms with Crippen LogP contribution in [0.4, 0.5) is 5.82 Å². The summed E-state index contributed by atoms with van der Waals surface area (Å²) in [6.45, 7) is 2.12. The highest BCUT2D eigenvalue weighted by Crippen LogP contribution is 2.33. The molecule has 0 aliphatic heterocycles. The molecule has 110 valence electrons. The van der Waals surface area contributed by atoms with Crippen molar-refractivity contribution in [2.75, 3.05) is 11.9 Å². The van der Waals surface area contributed by atoms with Gasteiger partial charge in [-0.05, 0) is 18.6 Å². The van der Waals surface area contributed by atoms with Crippen LogP contribution in [-0.4, -0.2) is 16.4 Å². The van der Waals surface area contributed by atoms with Gasteiger partial charge in [-0.3, -0.25) is 4.40 Å². The second kappa shape index (κ2) is 5.87. The van der Waals surface area contributed by atoms with E-state index < -0.39 is 0 Å². The van der Waals surface area contributed by atoms with Gasteiger partial charge in [0.15, 0.2) is 10.8 Å². The lowest BCUT2D eigenvalue weighted by Gasteiger charge is -2.26. The number of aromatic nitrogens is 2. The number of benzene rings is 1. The van der Waals surface area contributed by atoms with E-state index in [0.717, 1.165) is 27.1 Å². The molecule has 3 rings (SSSR count). The minimum atomic E-state index is 0.116. The molecule has 0 N–H and O–H groups in total. The van der Waals surface area contributed by atoms with Crippen LogP contribution < -0.4 is 4.90 Å².